The molecular weight excluding hydrogens is 278 g/mol. The van der Waals surface area contributed by atoms with Crippen LogP contribution in [0.15, 0.2) is 24.3 Å². The number of halogens is 2. The molecule has 1 atom stereocenters. The predicted molar refractivity (Wildman–Crippen MR) is 76.6 cm³/mol. The molecule has 1 saturated carbocycles. The summed E-state index contributed by atoms with van der Waals surface area (Å²) in [6.07, 6.45) is -0.810. The standard InChI is InChI=1S/C15H20F2N2O2/c1-13(2,3)21-12(20)19-11-6-4-10(5-7-11)14(9-18)8-15(14,16)17/h4-7H,8-9,18H2,1-3H3,(H,19,20). The number of anilines is 1. The molecule has 3 N–H and O–H groups in total. The maximum atomic E-state index is 13.5. The predicted octanol–water partition coefficient (Wildman–Crippen LogP) is 3.27. The van der Waals surface area contributed by atoms with Crippen LogP contribution in [-0.2, 0) is 10.2 Å². The second-order valence-electron chi connectivity index (χ2n) is 6.37. The minimum absolute atomic E-state index is 0.0984. The number of nitrogens with two attached hydrogens (primary N) is 1. The molecule has 21 heavy (non-hydrogen) atoms. The number of alkyl halides is 2. The van der Waals surface area contributed by atoms with Crippen molar-refractivity contribution in [3.63, 3.8) is 0 Å². The zero-order chi connectivity index (χ0) is 15.9. The van der Waals surface area contributed by atoms with Crippen molar-refractivity contribution in [2.45, 2.75) is 44.1 Å². The van der Waals surface area contributed by atoms with Gasteiger partial charge in [0.1, 0.15) is 5.60 Å². The van der Waals surface area contributed by atoms with Crippen molar-refractivity contribution in [2.75, 3.05) is 11.9 Å². The van der Waals surface area contributed by atoms with Gasteiger partial charge < -0.3 is 10.5 Å². The van der Waals surface area contributed by atoms with Gasteiger partial charge in [0.05, 0.1) is 5.41 Å². The Morgan fingerprint density at radius 2 is 1.86 bits per heavy atom. The Morgan fingerprint density at radius 1 is 1.33 bits per heavy atom. The molecule has 4 nitrogen and oxygen atoms in total. The maximum absolute atomic E-state index is 13.5. The summed E-state index contributed by atoms with van der Waals surface area (Å²) in [5, 5.41) is 2.56. The van der Waals surface area contributed by atoms with Crippen LogP contribution < -0.4 is 11.1 Å². The van der Waals surface area contributed by atoms with Crippen molar-refractivity contribution in [2.24, 2.45) is 5.73 Å². The lowest BCUT2D eigenvalue weighted by Crippen LogP contribution is -2.28. The first-order chi connectivity index (χ1) is 9.60. The highest BCUT2D eigenvalue weighted by molar-refractivity contribution is 5.84. The summed E-state index contributed by atoms with van der Waals surface area (Å²) in [6, 6.07) is 6.29. The Morgan fingerprint density at radius 3 is 2.24 bits per heavy atom. The number of carbonyl (C=O) groups is 1. The first-order valence-corrected chi connectivity index (χ1v) is 6.78. The lowest BCUT2D eigenvalue weighted by Gasteiger charge is -2.20. The number of benzene rings is 1. The van der Waals surface area contributed by atoms with Crippen LogP contribution in [0.3, 0.4) is 0 Å². The molecule has 0 aromatic heterocycles. The number of amides is 1. The van der Waals surface area contributed by atoms with Gasteiger partial charge in [0.15, 0.2) is 0 Å². The molecule has 1 fully saturated rings. The third kappa shape index (κ3) is 3.15. The van der Waals surface area contributed by atoms with Crippen LogP contribution >= 0.6 is 0 Å². The Balaban J connectivity index is 2.05. The van der Waals surface area contributed by atoms with E-state index in [1.807, 2.05) is 0 Å². The fraction of sp³-hybridized carbons (Fsp3) is 0.533. The van der Waals surface area contributed by atoms with E-state index in [2.05, 4.69) is 5.32 Å². The lowest BCUT2D eigenvalue weighted by molar-refractivity contribution is 0.0635. The van der Waals surface area contributed by atoms with E-state index in [0.717, 1.165) is 0 Å². The molecule has 1 aliphatic carbocycles. The van der Waals surface area contributed by atoms with Crippen LogP contribution in [0, 0.1) is 0 Å². The molecule has 0 aliphatic heterocycles. The van der Waals surface area contributed by atoms with Crippen molar-refractivity contribution in [3.8, 4) is 0 Å². The van der Waals surface area contributed by atoms with E-state index in [-0.39, 0.29) is 13.0 Å². The Kier molecular flexibility index (Phi) is 3.70. The van der Waals surface area contributed by atoms with E-state index < -0.39 is 23.0 Å². The minimum Gasteiger partial charge on any atom is -0.444 e. The molecule has 1 unspecified atom stereocenters. The van der Waals surface area contributed by atoms with Gasteiger partial charge in [-0.25, -0.2) is 13.6 Å². The van der Waals surface area contributed by atoms with E-state index in [1.165, 1.54) is 0 Å². The van der Waals surface area contributed by atoms with Gasteiger partial charge in [-0.3, -0.25) is 5.32 Å². The van der Waals surface area contributed by atoms with Crippen LogP contribution in [0.2, 0.25) is 0 Å². The Hall–Kier alpha value is -1.69. The average molecular weight is 298 g/mol. The minimum atomic E-state index is -2.75. The number of hydrogen-bond donors (Lipinski definition) is 2. The van der Waals surface area contributed by atoms with Crippen LogP contribution in [0.5, 0.6) is 0 Å². The molecule has 6 heteroatoms. The molecule has 1 aromatic rings. The largest absolute Gasteiger partial charge is 0.444 e. The first-order valence-electron chi connectivity index (χ1n) is 6.78. The highest BCUT2D eigenvalue weighted by Gasteiger charge is 2.70. The quantitative estimate of drug-likeness (QED) is 0.900. The average Bonchev–Trinajstić information content (AvgIpc) is 2.91. The Bertz CT molecular complexity index is 538. The zero-order valence-electron chi connectivity index (χ0n) is 12.4. The molecule has 0 saturated heterocycles. The number of nitrogens with one attached hydrogen (secondary N) is 1. The van der Waals surface area contributed by atoms with Gasteiger partial charge in [0.2, 0.25) is 0 Å². The smallest absolute Gasteiger partial charge is 0.412 e. The van der Waals surface area contributed by atoms with Crippen molar-refractivity contribution in [1.82, 2.24) is 0 Å². The molecule has 1 aromatic carbocycles. The fourth-order valence-electron chi connectivity index (χ4n) is 2.28. The summed E-state index contributed by atoms with van der Waals surface area (Å²) in [5.41, 5.74) is 4.63. The molecular formula is C15H20F2N2O2. The van der Waals surface area contributed by atoms with Crippen LogP contribution in [0.4, 0.5) is 19.3 Å². The molecule has 1 amide bonds. The molecule has 0 spiro atoms. The maximum Gasteiger partial charge on any atom is 0.412 e. The summed E-state index contributed by atoms with van der Waals surface area (Å²) in [5.74, 6) is -2.75. The normalized spacial score (nSPS) is 23.5. The zero-order valence-corrected chi connectivity index (χ0v) is 12.4. The summed E-state index contributed by atoms with van der Waals surface area (Å²) < 4.78 is 32.0. The lowest BCUT2D eigenvalue weighted by atomic mass is 9.95. The van der Waals surface area contributed by atoms with Crippen molar-refractivity contribution >= 4 is 11.8 Å². The molecule has 0 heterocycles. The Labute approximate surface area is 122 Å². The van der Waals surface area contributed by atoms with Gasteiger partial charge in [0.25, 0.3) is 5.92 Å². The second-order valence-corrected chi connectivity index (χ2v) is 6.37. The summed E-state index contributed by atoms with van der Waals surface area (Å²) in [7, 11) is 0. The van der Waals surface area contributed by atoms with Crippen molar-refractivity contribution in [1.29, 1.82) is 0 Å². The second kappa shape index (κ2) is 4.94. The number of rotatable bonds is 3. The summed E-state index contributed by atoms with van der Waals surface area (Å²) in [6.45, 7) is 5.18. The van der Waals surface area contributed by atoms with Gasteiger partial charge in [-0.15, -0.1) is 0 Å². The monoisotopic (exact) mass is 298 g/mol. The highest BCUT2D eigenvalue weighted by Crippen LogP contribution is 2.60. The molecule has 0 bridgehead atoms. The molecule has 1 aliphatic rings. The number of ether oxygens (including phenoxy) is 1. The third-order valence-corrected chi connectivity index (χ3v) is 3.53. The van der Waals surface area contributed by atoms with Crippen LogP contribution in [-0.4, -0.2) is 24.2 Å². The number of carbonyl (C=O) groups excluding carboxylic acids is 1. The summed E-state index contributed by atoms with van der Waals surface area (Å²) >= 11 is 0. The summed E-state index contributed by atoms with van der Waals surface area (Å²) in [4.78, 5) is 11.6. The highest BCUT2D eigenvalue weighted by atomic mass is 19.3. The molecule has 116 valence electrons. The SMILES string of the molecule is CC(C)(C)OC(=O)Nc1ccc(C2(CN)CC2(F)F)cc1. The van der Waals surface area contributed by atoms with Gasteiger partial charge in [-0.2, -0.15) is 0 Å². The van der Waals surface area contributed by atoms with Crippen molar-refractivity contribution in [3.05, 3.63) is 29.8 Å². The third-order valence-electron chi connectivity index (χ3n) is 3.53. The van der Waals surface area contributed by atoms with Crippen molar-refractivity contribution < 1.29 is 18.3 Å². The van der Waals surface area contributed by atoms with E-state index >= 15 is 0 Å². The molecule has 0 radical (unpaired) electrons. The van der Waals surface area contributed by atoms with E-state index in [9.17, 15) is 13.6 Å². The van der Waals surface area contributed by atoms with Gasteiger partial charge in [0, 0.05) is 18.7 Å². The van der Waals surface area contributed by atoms with E-state index in [0.29, 0.717) is 11.3 Å². The van der Waals surface area contributed by atoms with E-state index in [4.69, 9.17) is 10.5 Å². The van der Waals surface area contributed by atoms with Crippen LogP contribution in [0.1, 0.15) is 32.8 Å². The molecule has 2 rings (SSSR count). The van der Waals surface area contributed by atoms with Crippen LogP contribution in [0.25, 0.3) is 0 Å². The van der Waals surface area contributed by atoms with Gasteiger partial charge >= 0.3 is 6.09 Å². The number of hydrogen-bond acceptors (Lipinski definition) is 3. The van der Waals surface area contributed by atoms with Gasteiger partial charge in [-0.05, 0) is 38.5 Å². The topological polar surface area (TPSA) is 64.3 Å². The van der Waals surface area contributed by atoms with Gasteiger partial charge in [-0.1, -0.05) is 12.1 Å². The van der Waals surface area contributed by atoms with E-state index in [1.54, 1.807) is 45.0 Å². The fourth-order valence-corrected chi connectivity index (χ4v) is 2.28. The first kappa shape index (κ1) is 15.7.